The number of nitrogens with zero attached hydrogens (tertiary/aromatic N) is 1. The van der Waals surface area contributed by atoms with Gasteiger partial charge in [0.25, 0.3) is 0 Å². The van der Waals surface area contributed by atoms with Crippen molar-refractivity contribution in [1.29, 1.82) is 0 Å². The van der Waals surface area contributed by atoms with Gasteiger partial charge in [-0.1, -0.05) is 6.07 Å². The minimum Gasteiger partial charge on any atom is -0.439 e. The van der Waals surface area contributed by atoms with Crippen LogP contribution in [0.25, 0.3) is 0 Å². The number of halogens is 1. The van der Waals surface area contributed by atoms with E-state index in [0.717, 1.165) is 18.5 Å². The van der Waals surface area contributed by atoms with E-state index in [2.05, 4.69) is 4.98 Å². The number of pyridine rings is 1. The third-order valence-corrected chi connectivity index (χ3v) is 2.62. The molecule has 0 saturated heterocycles. The molecule has 1 radical (unpaired) electrons. The van der Waals surface area contributed by atoms with Crippen molar-refractivity contribution in [1.82, 2.24) is 4.98 Å². The van der Waals surface area contributed by atoms with Crippen molar-refractivity contribution in [2.75, 3.05) is 0 Å². The SMILES string of the molecule is Fc1ccc(Oc2cccc([C]3CC3)n2)cc1. The number of rotatable bonds is 3. The minimum atomic E-state index is -0.271. The molecule has 1 heterocycles. The van der Waals surface area contributed by atoms with Gasteiger partial charge in [-0.05, 0) is 43.2 Å². The first-order valence-electron chi connectivity index (χ1n) is 5.57. The van der Waals surface area contributed by atoms with Gasteiger partial charge in [-0.3, -0.25) is 0 Å². The van der Waals surface area contributed by atoms with Gasteiger partial charge in [0.05, 0.1) is 5.69 Å². The molecule has 1 aromatic carbocycles. The molecule has 0 spiro atoms. The lowest BCUT2D eigenvalue weighted by molar-refractivity contribution is 0.460. The van der Waals surface area contributed by atoms with E-state index in [1.165, 1.54) is 18.1 Å². The Hall–Kier alpha value is -1.90. The van der Waals surface area contributed by atoms with Crippen LogP contribution in [0.2, 0.25) is 0 Å². The summed E-state index contributed by atoms with van der Waals surface area (Å²) < 4.78 is 18.3. The van der Waals surface area contributed by atoms with Crippen LogP contribution in [0.5, 0.6) is 11.6 Å². The molecule has 0 aliphatic heterocycles. The first kappa shape index (κ1) is 10.3. The lowest BCUT2D eigenvalue weighted by atomic mass is 10.2. The highest BCUT2D eigenvalue weighted by molar-refractivity contribution is 5.35. The maximum absolute atomic E-state index is 12.7. The van der Waals surface area contributed by atoms with Gasteiger partial charge in [-0.15, -0.1) is 0 Å². The van der Waals surface area contributed by atoms with Gasteiger partial charge in [0.2, 0.25) is 5.88 Å². The van der Waals surface area contributed by atoms with Gasteiger partial charge in [0, 0.05) is 12.0 Å². The fourth-order valence-corrected chi connectivity index (χ4v) is 1.61. The standard InChI is InChI=1S/C14H11FNO/c15-11-6-8-12(9-7-11)17-14-3-1-2-13(16-14)10-4-5-10/h1-3,6-9H,4-5H2. The summed E-state index contributed by atoms with van der Waals surface area (Å²) >= 11 is 0. The van der Waals surface area contributed by atoms with Crippen LogP contribution in [0.4, 0.5) is 4.39 Å². The lowest BCUT2D eigenvalue weighted by Gasteiger charge is -2.05. The molecule has 1 aromatic heterocycles. The fraction of sp³-hybridized carbons (Fsp3) is 0.143. The van der Waals surface area contributed by atoms with Crippen LogP contribution < -0.4 is 4.74 Å². The number of hydrogen-bond acceptors (Lipinski definition) is 2. The average molecular weight is 228 g/mol. The van der Waals surface area contributed by atoms with E-state index in [4.69, 9.17) is 4.74 Å². The molecule has 2 aromatic rings. The zero-order chi connectivity index (χ0) is 11.7. The van der Waals surface area contributed by atoms with E-state index in [1.54, 1.807) is 18.2 Å². The topological polar surface area (TPSA) is 22.1 Å². The molecule has 1 aliphatic carbocycles. The van der Waals surface area contributed by atoms with Crippen LogP contribution >= 0.6 is 0 Å². The van der Waals surface area contributed by atoms with Crippen molar-refractivity contribution >= 4 is 0 Å². The largest absolute Gasteiger partial charge is 0.439 e. The molecule has 2 nitrogen and oxygen atoms in total. The maximum Gasteiger partial charge on any atom is 0.219 e. The van der Waals surface area contributed by atoms with E-state index in [1.807, 2.05) is 12.1 Å². The highest BCUT2D eigenvalue weighted by Crippen LogP contribution is 2.38. The molecule has 0 bridgehead atoms. The second kappa shape index (κ2) is 4.17. The van der Waals surface area contributed by atoms with Gasteiger partial charge in [-0.25, -0.2) is 9.37 Å². The van der Waals surface area contributed by atoms with Crippen LogP contribution in [0.15, 0.2) is 42.5 Å². The van der Waals surface area contributed by atoms with E-state index in [0.29, 0.717) is 11.6 Å². The third-order valence-electron chi connectivity index (χ3n) is 2.62. The Balaban J connectivity index is 1.79. The smallest absolute Gasteiger partial charge is 0.219 e. The van der Waals surface area contributed by atoms with Crippen molar-refractivity contribution in [2.24, 2.45) is 0 Å². The predicted octanol–water partition coefficient (Wildman–Crippen LogP) is 3.73. The van der Waals surface area contributed by atoms with Crippen molar-refractivity contribution in [3.8, 4) is 11.6 Å². The number of aromatic nitrogens is 1. The molecular weight excluding hydrogens is 217 g/mol. The Bertz CT molecular complexity index is 520. The normalized spacial score (nSPS) is 14.6. The Morgan fingerprint density at radius 1 is 1.00 bits per heavy atom. The summed E-state index contributed by atoms with van der Waals surface area (Å²) in [6.45, 7) is 0. The van der Waals surface area contributed by atoms with Crippen LogP contribution in [-0.2, 0) is 0 Å². The molecule has 17 heavy (non-hydrogen) atoms. The molecule has 1 saturated carbocycles. The van der Waals surface area contributed by atoms with Gasteiger partial charge in [-0.2, -0.15) is 0 Å². The number of ether oxygens (including phenoxy) is 1. The van der Waals surface area contributed by atoms with Gasteiger partial charge in [0.1, 0.15) is 11.6 Å². The highest BCUT2D eigenvalue weighted by Gasteiger charge is 2.26. The van der Waals surface area contributed by atoms with Crippen LogP contribution in [0, 0.1) is 11.7 Å². The number of benzene rings is 1. The zero-order valence-electron chi connectivity index (χ0n) is 9.19. The zero-order valence-corrected chi connectivity index (χ0v) is 9.19. The molecule has 0 amide bonds. The Kier molecular flexibility index (Phi) is 2.52. The highest BCUT2D eigenvalue weighted by atomic mass is 19.1. The second-order valence-corrected chi connectivity index (χ2v) is 4.02. The first-order chi connectivity index (χ1) is 8.31. The average Bonchev–Trinajstić information content (AvgIpc) is 3.17. The molecule has 0 atom stereocenters. The summed E-state index contributed by atoms with van der Waals surface area (Å²) in [5, 5.41) is 0. The Labute approximate surface area is 99.1 Å². The predicted molar refractivity (Wildman–Crippen MR) is 62.3 cm³/mol. The summed E-state index contributed by atoms with van der Waals surface area (Å²) in [5.74, 6) is 2.24. The van der Waals surface area contributed by atoms with Crippen molar-refractivity contribution in [2.45, 2.75) is 12.8 Å². The van der Waals surface area contributed by atoms with Crippen LogP contribution in [-0.4, -0.2) is 4.98 Å². The molecule has 3 heteroatoms. The molecule has 1 aliphatic rings. The molecule has 3 rings (SSSR count). The Morgan fingerprint density at radius 3 is 2.47 bits per heavy atom. The third kappa shape index (κ3) is 2.44. The van der Waals surface area contributed by atoms with Gasteiger partial charge in [0.15, 0.2) is 0 Å². The molecule has 85 valence electrons. The van der Waals surface area contributed by atoms with E-state index in [9.17, 15) is 4.39 Å². The van der Waals surface area contributed by atoms with Crippen molar-refractivity contribution in [3.63, 3.8) is 0 Å². The summed E-state index contributed by atoms with van der Waals surface area (Å²) in [5.41, 5.74) is 1.00. The lowest BCUT2D eigenvalue weighted by Crippen LogP contribution is -1.91. The minimum absolute atomic E-state index is 0.271. The number of hydrogen-bond donors (Lipinski definition) is 0. The van der Waals surface area contributed by atoms with Crippen molar-refractivity contribution < 1.29 is 9.13 Å². The second-order valence-electron chi connectivity index (χ2n) is 4.02. The molecule has 0 unspecified atom stereocenters. The van der Waals surface area contributed by atoms with Crippen molar-refractivity contribution in [3.05, 3.63) is 59.9 Å². The summed E-state index contributed by atoms with van der Waals surface area (Å²) in [6, 6.07) is 11.6. The molecule has 0 N–H and O–H groups in total. The Morgan fingerprint density at radius 2 is 1.76 bits per heavy atom. The molecular formula is C14H11FNO. The van der Waals surface area contributed by atoms with Crippen LogP contribution in [0.1, 0.15) is 18.5 Å². The van der Waals surface area contributed by atoms with E-state index in [-0.39, 0.29) is 5.82 Å². The monoisotopic (exact) mass is 228 g/mol. The van der Waals surface area contributed by atoms with Gasteiger partial charge >= 0.3 is 0 Å². The molecule has 1 fully saturated rings. The van der Waals surface area contributed by atoms with E-state index < -0.39 is 0 Å². The van der Waals surface area contributed by atoms with Crippen LogP contribution in [0.3, 0.4) is 0 Å². The first-order valence-corrected chi connectivity index (χ1v) is 5.57. The quantitative estimate of drug-likeness (QED) is 0.798. The van der Waals surface area contributed by atoms with E-state index >= 15 is 0 Å². The maximum atomic E-state index is 12.7. The summed E-state index contributed by atoms with van der Waals surface area (Å²) in [7, 11) is 0. The van der Waals surface area contributed by atoms with Gasteiger partial charge < -0.3 is 4.74 Å². The fourth-order valence-electron chi connectivity index (χ4n) is 1.61. The summed E-state index contributed by atoms with van der Waals surface area (Å²) in [4.78, 5) is 4.40. The summed E-state index contributed by atoms with van der Waals surface area (Å²) in [6.07, 6.45) is 2.26.